The number of carbonyl (C=O) groups is 2. The first-order valence-electron chi connectivity index (χ1n) is 9.85. The van der Waals surface area contributed by atoms with E-state index in [4.69, 9.17) is 32.7 Å². The average molecular weight is 482 g/mol. The molecule has 1 amide bonds. The molecular weight excluding hydrogens is 460 g/mol. The minimum Gasteiger partial charge on any atom is -0.507 e. The number of halogens is 3. The molecule has 2 aromatic carbocycles. The number of likely N-dealkylation sites (tertiary alicyclic amines) is 1. The van der Waals surface area contributed by atoms with Gasteiger partial charge in [0.25, 0.3) is 11.7 Å². The summed E-state index contributed by atoms with van der Waals surface area (Å²) in [6.45, 7) is 3.83. The number of methoxy groups -OCH3 is 1. The third kappa shape index (κ3) is 4.60. The first kappa shape index (κ1) is 24.0. The van der Waals surface area contributed by atoms with Crippen molar-refractivity contribution in [2.45, 2.75) is 26.0 Å². The molecule has 1 fully saturated rings. The second-order valence-electron chi connectivity index (χ2n) is 7.41. The van der Waals surface area contributed by atoms with E-state index in [1.807, 2.05) is 13.8 Å². The minimum absolute atomic E-state index is 0.0304. The number of aliphatic hydroxyl groups excluding tert-OH is 1. The fourth-order valence-corrected chi connectivity index (χ4v) is 4.21. The summed E-state index contributed by atoms with van der Waals surface area (Å²) in [4.78, 5) is 27.0. The molecule has 9 heteroatoms. The Labute approximate surface area is 195 Å². The van der Waals surface area contributed by atoms with Gasteiger partial charge in [0.05, 0.1) is 41.5 Å². The number of hydrogen-bond donors (Lipinski definition) is 1. The number of amides is 1. The summed E-state index contributed by atoms with van der Waals surface area (Å²) < 4.78 is 25.4. The Bertz CT molecular complexity index is 1060. The highest BCUT2D eigenvalue weighted by atomic mass is 35.5. The van der Waals surface area contributed by atoms with E-state index in [1.54, 1.807) is 6.07 Å². The van der Waals surface area contributed by atoms with Crippen molar-refractivity contribution in [3.05, 3.63) is 69.0 Å². The number of aliphatic hydroxyl groups is 1. The average Bonchev–Trinajstić information content (AvgIpc) is 2.98. The zero-order valence-corrected chi connectivity index (χ0v) is 19.2. The molecule has 1 aliphatic heterocycles. The Morgan fingerprint density at radius 3 is 2.38 bits per heavy atom. The van der Waals surface area contributed by atoms with E-state index < -0.39 is 29.3 Å². The van der Waals surface area contributed by atoms with Gasteiger partial charge in [-0.1, -0.05) is 41.4 Å². The van der Waals surface area contributed by atoms with Gasteiger partial charge < -0.3 is 19.5 Å². The van der Waals surface area contributed by atoms with Crippen LogP contribution in [-0.2, 0) is 14.3 Å². The van der Waals surface area contributed by atoms with Crippen molar-refractivity contribution in [1.82, 2.24) is 4.90 Å². The lowest BCUT2D eigenvalue weighted by Gasteiger charge is -2.26. The van der Waals surface area contributed by atoms with E-state index in [1.165, 1.54) is 42.3 Å². The lowest BCUT2D eigenvalue weighted by molar-refractivity contribution is -0.140. The molecule has 32 heavy (non-hydrogen) atoms. The van der Waals surface area contributed by atoms with Crippen LogP contribution in [0.1, 0.15) is 31.0 Å². The van der Waals surface area contributed by atoms with Gasteiger partial charge in [-0.3, -0.25) is 9.59 Å². The van der Waals surface area contributed by atoms with Crippen molar-refractivity contribution in [1.29, 1.82) is 0 Å². The number of Topliss-reactive ketones (excluding diaryl/α,β-unsaturated/α-hetero) is 1. The van der Waals surface area contributed by atoms with Crippen molar-refractivity contribution in [3.63, 3.8) is 0 Å². The summed E-state index contributed by atoms with van der Waals surface area (Å²) in [6, 6.07) is 7.33. The van der Waals surface area contributed by atoms with Crippen LogP contribution in [0.4, 0.5) is 4.39 Å². The minimum atomic E-state index is -1.15. The van der Waals surface area contributed by atoms with Crippen LogP contribution in [0.3, 0.4) is 0 Å². The van der Waals surface area contributed by atoms with E-state index in [2.05, 4.69) is 0 Å². The standard InChI is InChI=1S/C23H22Cl2FNO5/c1-12(2)32-9-8-27-19(14-6-4-5-7-17(14)26)18(21(29)23(27)30)20(28)13-10-15(24)22(31-3)16(25)11-13/h4-7,10-12,19,28H,8-9H2,1-3H3/b20-18+. The molecule has 0 bridgehead atoms. The van der Waals surface area contributed by atoms with Gasteiger partial charge in [0, 0.05) is 17.7 Å². The molecule has 1 saturated heterocycles. The van der Waals surface area contributed by atoms with Gasteiger partial charge in [-0.25, -0.2) is 4.39 Å². The molecule has 2 aromatic rings. The number of rotatable bonds is 7. The number of ketones is 1. The molecule has 1 unspecified atom stereocenters. The van der Waals surface area contributed by atoms with E-state index in [-0.39, 0.29) is 51.8 Å². The number of ether oxygens (including phenoxy) is 2. The molecule has 0 aromatic heterocycles. The molecular formula is C23H22Cl2FNO5. The van der Waals surface area contributed by atoms with Crippen LogP contribution in [0, 0.1) is 5.82 Å². The summed E-state index contributed by atoms with van der Waals surface area (Å²) >= 11 is 12.3. The SMILES string of the molecule is COc1c(Cl)cc(/C(O)=C2\C(=O)C(=O)N(CCOC(C)C)C2c2ccccc2F)cc1Cl. The molecule has 0 saturated carbocycles. The largest absolute Gasteiger partial charge is 0.507 e. The van der Waals surface area contributed by atoms with Gasteiger partial charge in [0.1, 0.15) is 11.6 Å². The monoisotopic (exact) mass is 481 g/mol. The Balaban J connectivity index is 2.16. The van der Waals surface area contributed by atoms with Crippen molar-refractivity contribution in [2.75, 3.05) is 20.3 Å². The van der Waals surface area contributed by atoms with Crippen molar-refractivity contribution in [2.24, 2.45) is 0 Å². The second-order valence-corrected chi connectivity index (χ2v) is 8.22. The van der Waals surface area contributed by atoms with Crippen LogP contribution in [-0.4, -0.2) is 48.1 Å². The topological polar surface area (TPSA) is 76.1 Å². The van der Waals surface area contributed by atoms with E-state index in [9.17, 15) is 19.1 Å². The third-order valence-corrected chi connectivity index (χ3v) is 5.56. The van der Waals surface area contributed by atoms with E-state index in [0.717, 1.165) is 0 Å². The number of carbonyl (C=O) groups excluding carboxylic acids is 2. The molecule has 0 aliphatic carbocycles. The Hall–Kier alpha value is -2.61. The molecule has 1 atom stereocenters. The maximum absolute atomic E-state index is 14.7. The molecule has 170 valence electrons. The van der Waals surface area contributed by atoms with Gasteiger partial charge in [-0.15, -0.1) is 0 Å². The zero-order valence-electron chi connectivity index (χ0n) is 17.7. The molecule has 3 rings (SSSR count). The predicted octanol–water partition coefficient (Wildman–Crippen LogP) is 4.99. The van der Waals surface area contributed by atoms with Gasteiger partial charge >= 0.3 is 0 Å². The second kappa shape index (κ2) is 9.90. The molecule has 6 nitrogen and oxygen atoms in total. The lowest BCUT2D eigenvalue weighted by atomic mass is 9.95. The van der Waals surface area contributed by atoms with Crippen LogP contribution in [0.5, 0.6) is 5.75 Å². The molecule has 0 radical (unpaired) electrons. The fourth-order valence-electron chi connectivity index (χ4n) is 3.56. The first-order valence-corrected chi connectivity index (χ1v) is 10.6. The fraction of sp³-hybridized carbons (Fsp3) is 0.304. The maximum Gasteiger partial charge on any atom is 0.295 e. The van der Waals surface area contributed by atoms with Crippen molar-refractivity contribution in [3.8, 4) is 5.75 Å². The lowest BCUT2D eigenvalue weighted by Crippen LogP contribution is -2.33. The quantitative estimate of drug-likeness (QED) is 0.342. The van der Waals surface area contributed by atoms with Crippen LogP contribution in [0.2, 0.25) is 10.0 Å². The first-order chi connectivity index (χ1) is 15.2. The normalized spacial score (nSPS) is 18.0. The summed E-state index contributed by atoms with van der Waals surface area (Å²) in [6.07, 6.45) is -0.0951. The van der Waals surface area contributed by atoms with Crippen molar-refractivity contribution >= 4 is 40.7 Å². The van der Waals surface area contributed by atoms with Gasteiger partial charge in [-0.2, -0.15) is 0 Å². The third-order valence-electron chi connectivity index (χ3n) is 5.00. The zero-order chi connectivity index (χ0) is 23.6. The van der Waals surface area contributed by atoms with Crippen LogP contribution in [0.25, 0.3) is 5.76 Å². The Kier molecular flexibility index (Phi) is 7.44. The van der Waals surface area contributed by atoms with Crippen LogP contribution in [0.15, 0.2) is 42.0 Å². The summed E-state index contributed by atoms with van der Waals surface area (Å²) in [5.74, 6) is -2.75. The summed E-state index contributed by atoms with van der Waals surface area (Å²) in [5.41, 5.74) is -0.0935. The molecule has 1 aliphatic rings. The predicted molar refractivity (Wildman–Crippen MR) is 120 cm³/mol. The smallest absolute Gasteiger partial charge is 0.295 e. The van der Waals surface area contributed by atoms with Crippen molar-refractivity contribution < 1.29 is 28.6 Å². The Morgan fingerprint density at radius 2 is 1.81 bits per heavy atom. The van der Waals surface area contributed by atoms with Crippen LogP contribution >= 0.6 is 23.2 Å². The number of benzene rings is 2. The number of hydrogen-bond acceptors (Lipinski definition) is 5. The van der Waals surface area contributed by atoms with Crippen LogP contribution < -0.4 is 4.74 Å². The highest BCUT2D eigenvalue weighted by Gasteiger charge is 2.46. The maximum atomic E-state index is 14.7. The van der Waals surface area contributed by atoms with Gasteiger partial charge in [-0.05, 0) is 32.0 Å². The highest BCUT2D eigenvalue weighted by Crippen LogP contribution is 2.42. The van der Waals surface area contributed by atoms with E-state index >= 15 is 0 Å². The molecule has 1 heterocycles. The molecule has 1 N–H and O–H groups in total. The Morgan fingerprint density at radius 1 is 1.19 bits per heavy atom. The molecule has 0 spiro atoms. The highest BCUT2D eigenvalue weighted by molar-refractivity contribution is 6.46. The van der Waals surface area contributed by atoms with Gasteiger partial charge in [0.2, 0.25) is 0 Å². The van der Waals surface area contributed by atoms with E-state index in [0.29, 0.717) is 0 Å². The number of nitrogens with zero attached hydrogens (tertiary/aromatic N) is 1. The van der Waals surface area contributed by atoms with Gasteiger partial charge in [0.15, 0.2) is 5.75 Å². The summed E-state index contributed by atoms with van der Waals surface area (Å²) in [5, 5.41) is 11.2. The summed E-state index contributed by atoms with van der Waals surface area (Å²) in [7, 11) is 1.38.